The zero-order chi connectivity index (χ0) is 7.82. The van der Waals surface area contributed by atoms with Gasteiger partial charge in [-0.2, -0.15) is 0 Å². The highest BCUT2D eigenvalue weighted by Crippen LogP contribution is 1.94. The van der Waals surface area contributed by atoms with E-state index in [9.17, 15) is 0 Å². The van der Waals surface area contributed by atoms with Crippen molar-refractivity contribution in [1.82, 2.24) is 0 Å². The van der Waals surface area contributed by atoms with Crippen molar-refractivity contribution in [2.24, 2.45) is 0 Å². The van der Waals surface area contributed by atoms with Gasteiger partial charge in [-0.05, 0) is 31.1 Å². The first-order valence-electron chi connectivity index (χ1n) is 3.53. The van der Waals surface area contributed by atoms with Crippen molar-refractivity contribution in [3.8, 4) is 0 Å². The van der Waals surface area contributed by atoms with Gasteiger partial charge in [0.1, 0.15) is 0 Å². The van der Waals surface area contributed by atoms with E-state index < -0.39 is 0 Å². The van der Waals surface area contributed by atoms with Gasteiger partial charge in [0.05, 0.1) is 0 Å². The highest BCUT2D eigenvalue weighted by Gasteiger charge is 1.74. The summed E-state index contributed by atoms with van der Waals surface area (Å²) in [7, 11) is 0. The Labute approximate surface area is 63.3 Å². The Hall–Kier alpha value is -1.00. The lowest BCUT2D eigenvalue weighted by molar-refractivity contribution is 1.22. The van der Waals surface area contributed by atoms with E-state index in [0.29, 0.717) is 0 Å². The fourth-order valence-corrected chi connectivity index (χ4v) is 0.508. The van der Waals surface area contributed by atoms with Crippen molar-refractivity contribution < 1.29 is 0 Å². The Morgan fingerprint density at radius 2 is 2.30 bits per heavy atom. The van der Waals surface area contributed by atoms with Crippen molar-refractivity contribution in [3.05, 3.63) is 42.2 Å². The van der Waals surface area contributed by atoms with E-state index in [4.69, 9.17) is 0 Å². The molecular formula is C10H14. The summed E-state index contributed by atoms with van der Waals surface area (Å²) in [5.41, 5.74) is 3.96. The molecule has 0 radical (unpaired) electrons. The zero-order valence-electron chi connectivity index (χ0n) is 6.72. The third-order valence-corrected chi connectivity index (χ3v) is 1.00. The standard InChI is InChI=1S/C10H14/c1-4-6-8-10(3)9-7-5-2/h4,7-9H,3,5H2,1-2H3. The van der Waals surface area contributed by atoms with Gasteiger partial charge in [0.25, 0.3) is 0 Å². The third-order valence-electron chi connectivity index (χ3n) is 1.00. The third kappa shape index (κ3) is 5.14. The van der Waals surface area contributed by atoms with Crippen LogP contribution >= 0.6 is 0 Å². The summed E-state index contributed by atoms with van der Waals surface area (Å²) < 4.78 is 0. The Balaban J connectivity index is 3.87. The molecule has 0 aromatic heterocycles. The minimum absolute atomic E-state index is 1.000. The van der Waals surface area contributed by atoms with Gasteiger partial charge in [0.15, 0.2) is 0 Å². The fourth-order valence-electron chi connectivity index (χ4n) is 0.508. The molecule has 0 N–H and O–H groups in total. The summed E-state index contributed by atoms with van der Waals surface area (Å²) in [4.78, 5) is 0. The molecule has 0 rings (SSSR count). The molecule has 0 fully saturated rings. The second kappa shape index (κ2) is 6.12. The van der Waals surface area contributed by atoms with Crippen LogP contribution in [0.25, 0.3) is 0 Å². The predicted molar refractivity (Wildman–Crippen MR) is 46.9 cm³/mol. The molecule has 0 aromatic carbocycles. The van der Waals surface area contributed by atoms with Crippen LogP contribution in [0.15, 0.2) is 42.2 Å². The first-order valence-corrected chi connectivity index (χ1v) is 3.53. The normalized spacial score (nSPS) is 9.00. The Morgan fingerprint density at radius 1 is 1.60 bits per heavy atom. The monoisotopic (exact) mass is 134 g/mol. The van der Waals surface area contributed by atoms with Crippen molar-refractivity contribution in [2.45, 2.75) is 20.3 Å². The molecule has 0 aliphatic carbocycles. The Morgan fingerprint density at radius 3 is 2.80 bits per heavy atom. The molecule has 0 aromatic rings. The highest BCUT2D eigenvalue weighted by molar-refractivity contribution is 5.26. The molecule has 0 spiro atoms. The number of hydrogen-bond acceptors (Lipinski definition) is 0. The molecule has 0 heterocycles. The molecule has 0 nitrogen and oxygen atoms in total. The average Bonchev–Trinajstić information content (AvgIpc) is 1.97. The summed E-state index contributed by atoms with van der Waals surface area (Å²) in [5, 5.41) is 0. The van der Waals surface area contributed by atoms with E-state index in [1.165, 1.54) is 0 Å². The van der Waals surface area contributed by atoms with Gasteiger partial charge in [-0.25, -0.2) is 0 Å². The van der Waals surface area contributed by atoms with E-state index in [-0.39, 0.29) is 0 Å². The maximum absolute atomic E-state index is 3.80. The molecule has 10 heavy (non-hydrogen) atoms. The van der Waals surface area contributed by atoms with Crippen molar-refractivity contribution in [3.63, 3.8) is 0 Å². The SMILES string of the molecule is C=C(C=C=CC)C=CCC. The smallest absolute Gasteiger partial charge is 0.0137 e. The Bertz CT molecular complexity index is 176. The Kier molecular flexibility index (Phi) is 5.51. The van der Waals surface area contributed by atoms with E-state index in [2.05, 4.69) is 25.3 Å². The lowest BCUT2D eigenvalue weighted by atomic mass is 10.2. The number of hydrogen-bond donors (Lipinski definition) is 0. The zero-order valence-corrected chi connectivity index (χ0v) is 6.72. The maximum Gasteiger partial charge on any atom is -0.0137 e. The van der Waals surface area contributed by atoms with Crippen LogP contribution in [0.1, 0.15) is 20.3 Å². The van der Waals surface area contributed by atoms with Crippen LogP contribution in [0.4, 0.5) is 0 Å². The van der Waals surface area contributed by atoms with Crippen molar-refractivity contribution in [1.29, 1.82) is 0 Å². The maximum atomic E-state index is 3.80. The van der Waals surface area contributed by atoms with Crippen LogP contribution in [0.5, 0.6) is 0 Å². The molecule has 54 valence electrons. The van der Waals surface area contributed by atoms with E-state index in [0.717, 1.165) is 12.0 Å². The van der Waals surface area contributed by atoms with Crippen LogP contribution in [0, 0.1) is 0 Å². The van der Waals surface area contributed by atoms with Gasteiger partial charge in [-0.15, -0.1) is 5.73 Å². The molecule has 0 saturated carbocycles. The molecule has 0 saturated heterocycles. The van der Waals surface area contributed by atoms with Gasteiger partial charge in [-0.1, -0.05) is 25.7 Å². The molecule has 0 unspecified atom stereocenters. The summed E-state index contributed by atoms with van der Waals surface area (Å²) in [6, 6.07) is 0. The summed E-state index contributed by atoms with van der Waals surface area (Å²) in [6.45, 7) is 7.84. The van der Waals surface area contributed by atoms with Crippen LogP contribution in [0.3, 0.4) is 0 Å². The minimum Gasteiger partial charge on any atom is -0.125 e. The molecular weight excluding hydrogens is 120 g/mol. The number of allylic oxidation sites excluding steroid dienone is 4. The van der Waals surface area contributed by atoms with Gasteiger partial charge in [0.2, 0.25) is 0 Å². The summed E-state index contributed by atoms with van der Waals surface area (Å²) in [5.74, 6) is 0. The van der Waals surface area contributed by atoms with E-state index in [1.807, 2.05) is 25.2 Å². The highest BCUT2D eigenvalue weighted by atomic mass is 13.8. The van der Waals surface area contributed by atoms with Gasteiger partial charge < -0.3 is 0 Å². The van der Waals surface area contributed by atoms with Crippen LogP contribution in [-0.4, -0.2) is 0 Å². The predicted octanol–water partition coefficient (Wildman–Crippen LogP) is 3.24. The summed E-state index contributed by atoms with van der Waals surface area (Å²) >= 11 is 0. The fraction of sp³-hybridized carbons (Fsp3) is 0.300. The lowest BCUT2D eigenvalue weighted by Gasteiger charge is -1.83. The van der Waals surface area contributed by atoms with Crippen molar-refractivity contribution in [2.75, 3.05) is 0 Å². The first kappa shape index (κ1) is 9.00. The van der Waals surface area contributed by atoms with Crippen molar-refractivity contribution >= 4 is 0 Å². The molecule has 0 atom stereocenters. The van der Waals surface area contributed by atoms with Gasteiger partial charge in [-0.3, -0.25) is 0 Å². The lowest BCUT2D eigenvalue weighted by Crippen LogP contribution is -1.63. The van der Waals surface area contributed by atoms with Gasteiger partial charge >= 0.3 is 0 Å². The number of rotatable bonds is 3. The molecule has 0 amide bonds. The van der Waals surface area contributed by atoms with Crippen LogP contribution in [-0.2, 0) is 0 Å². The molecule has 0 aliphatic rings. The second-order valence-corrected chi connectivity index (χ2v) is 1.99. The topological polar surface area (TPSA) is 0 Å². The van der Waals surface area contributed by atoms with E-state index >= 15 is 0 Å². The second-order valence-electron chi connectivity index (χ2n) is 1.99. The quantitative estimate of drug-likeness (QED) is 0.410. The molecule has 0 aliphatic heterocycles. The van der Waals surface area contributed by atoms with E-state index in [1.54, 1.807) is 0 Å². The van der Waals surface area contributed by atoms with Crippen LogP contribution in [0.2, 0.25) is 0 Å². The van der Waals surface area contributed by atoms with Crippen LogP contribution < -0.4 is 0 Å². The summed E-state index contributed by atoms with van der Waals surface area (Å²) in [6.07, 6.45) is 8.87. The first-order chi connectivity index (χ1) is 4.81. The molecule has 0 heteroatoms. The molecule has 0 bridgehead atoms. The minimum atomic E-state index is 1.000. The largest absolute Gasteiger partial charge is 0.125 e. The average molecular weight is 134 g/mol. The van der Waals surface area contributed by atoms with Gasteiger partial charge in [0, 0.05) is 0 Å².